The Bertz CT molecular complexity index is 526. The fraction of sp³-hybridized carbons (Fsp3) is 1.00. The van der Waals surface area contributed by atoms with Gasteiger partial charge in [-0.15, -0.1) is 0 Å². The molecule has 29 heavy (non-hydrogen) atoms. The fourth-order valence-electron chi connectivity index (χ4n) is 1.43. The summed E-state index contributed by atoms with van der Waals surface area (Å²) in [5, 5.41) is 0. The Hall–Kier alpha value is -1.30. The third-order valence-electron chi connectivity index (χ3n) is 3.25. The monoisotopic (exact) mass is 482 g/mol. The van der Waals surface area contributed by atoms with E-state index in [4.69, 9.17) is 0 Å². The van der Waals surface area contributed by atoms with E-state index in [1.165, 1.54) is 4.74 Å². The van der Waals surface area contributed by atoms with Gasteiger partial charge in [-0.05, 0) is 0 Å². The van der Waals surface area contributed by atoms with Crippen LogP contribution in [0.15, 0.2) is 0 Å². The molecule has 0 aromatic heterocycles. The second-order valence-electron chi connectivity index (χ2n) is 5.15. The van der Waals surface area contributed by atoms with Crippen LogP contribution in [0.4, 0.5) is 79.0 Å². The van der Waals surface area contributed by atoms with Crippen LogP contribution >= 0.6 is 0 Å². The molecule has 1 nitrogen and oxygen atoms in total. The summed E-state index contributed by atoms with van der Waals surface area (Å²) in [5.74, 6) is -15.6. The van der Waals surface area contributed by atoms with E-state index in [0.29, 0.717) is 0 Å². The summed E-state index contributed by atoms with van der Waals surface area (Å²) in [4.78, 5) is 0. The molecule has 0 fully saturated rings. The van der Waals surface area contributed by atoms with Gasteiger partial charge in [0.15, 0.2) is 0 Å². The van der Waals surface area contributed by atoms with Crippen LogP contribution in [-0.4, -0.2) is 61.1 Å². The Morgan fingerprint density at radius 2 is 0.621 bits per heavy atom. The first kappa shape index (κ1) is 27.7. The number of ether oxygens (including phenoxy) is 1. The molecule has 0 N–H and O–H groups in total. The highest BCUT2D eigenvalue weighted by molar-refractivity contribution is 5.07. The van der Waals surface area contributed by atoms with Crippen molar-refractivity contribution >= 4 is 0 Å². The van der Waals surface area contributed by atoms with E-state index in [1.807, 2.05) is 0 Å². The van der Waals surface area contributed by atoms with E-state index in [2.05, 4.69) is 0 Å². The lowest BCUT2D eigenvalue weighted by atomic mass is 9.96. The molecule has 0 saturated carbocycles. The average molecular weight is 482 g/mol. The van der Waals surface area contributed by atoms with Crippen molar-refractivity contribution < 1.29 is 83.8 Å². The molecule has 0 amide bonds. The van der Waals surface area contributed by atoms with Crippen molar-refractivity contribution in [1.29, 1.82) is 0 Å². The molecule has 176 valence electrons. The number of hydrogen-bond donors (Lipinski definition) is 0. The van der Waals surface area contributed by atoms with Crippen molar-refractivity contribution in [3.05, 3.63) is 0 Å². The first-order valence-electron chi connectivity index (χ1n) is 6.17. The van der Waals surface area contributed by atoms with Crippen molar-refractivity contribution in [3.63, 3.8) is 0 Å². The van der Waals surface area contributed by atoms with Gasteiger partial charge in [-0.25, -0.2) is 22.3 Å². The lowest BCUT2D eigenvalue weighted by Crippen LogP contribution is -2.70. The van der Waals surface area contributed by atoms with E-state index in [1.54, 1.807) is 0 Å². The summed E-state index contributed by atoms with van der Waals surface area (Å²) < 4.78 is 229. The molecule has 2 atom stereocenters. The maximum atomic E-state index is 13.1. The highest BCUT2D eigenvalue weighted by atomic mass is 19.4. The third kappa shape index (κ3) is 3.89. The van der Waals surface area contributed by atoms with Gasteiger partial charge in [0.1, 0.15) is 13.3 Å². The van der Waals surface area contributed by atoms with Gasteiger partial charge in [0.05, 0.1) is 0 Å². The molecule has 0 heterocycles. The van der Waals surface area contributed by atoms with Crippen molar-refractivity contribution in [2.75, 3.05) is 13.3 Å². The SMILES string of the molecule is FCC(F)(C(F)(F)F)C(F)(F)C(F)(F)OC(F)(F)C(F)(F)C(F)(CF)C(F)(F)F. The van der Waals surface area contributed by atoms with E-state index in [-0.39, 0.29) is 0 Å². The summed E-state index contributed by atoms with van der Waals surface area (Å²) in [6.07, 6.45) is -30.3. The zero-order chi connectivity index (χ0) is 24.1. The average Bonchev–Trinajstić information content (AvgIpc) is 2.48. The first-order valence-corrected chi connectivity index (χ1v) is 6.17. The minimum atomic E-state index is -7.83. The lowest BCUT2D eigenvalue weighted by molar-refractivity contribution is -0.506. The van der Waals surface area contributed by atoms with Crippen LogP contribution in [0, 0.1) is 0 Å². The predicted octanol–water partition coefficient (Wildman–Crippen LogP) is 5.94. The standard InChI is InChI=1S/C10H4F18O/c11-1-3(13,7(19,20)21)5(15,16)9(25,26)29-10(27,28)6(17,18)4(14,2-12)8(22,23)24/h1-2H2. The number of halogens is 18. The largest absolute Gasteiger partial charge is 0.431 e. The smallest absolute Gasteiger partial charge is 0.247 e. The highest BCUT2D eigenvalue weighted by Crippen LogP contribution is 2.58. The molecular formula is C10H4F18O. The molecule has 0 aliphatic heterocycles. The van der Waals surface area contributed by atoms with E-state index in [0.717, 1.165) is 0 Å². The predicted molar refractivity (Wildman–Crippen MR) is 52.6 cm³/mol. The van der Waals surface area contributed by atoms with Gasteiger partial charge < -0.3 is 0 Å². The van der Waals surface area contributed by atoms with Crippen LogP contribution in [0.5, 0.6) is 0 Å². The molecule has 0 aromatic rings. The molecule has 0 rings (SSSR count). The van der Waals surface area contributed by atoms with Crippen molar-refractivity contribution in [1.82, 2.24) is 0 Å². The van der Waals surface area contributed by atoms with Crippen molar-refractivity contribution in [3.8, 4) is 0 Å². The van der Waals surface area contributed by atoms with Crippen LogP contribution in [0.3, 0.4) is 0 Å². The first-order chi connectivity index (χ1) is 12.3. The quantitative estimate of drug-likeness (QED) is 0.390. The van der Waals surface area contributed by atoms with Gasteiger partial charge in [0.2, 0.25) is 0 Å². The summed E-state index contributed by atoms with van der Waals surface area (Å²) in [6, 6.07) is 0. The Kier molecular flexibility index (Phi) is 6.82. The van der Waals surface area contributed by atoms with Crippen LogP contribution in [0.1, 0.15) is 0 Å². The van der Waals surface area contributed by atoms with Gasteiger partial charge in [-0.1, -0.05) is 0 Å². The maximum absolute atomic E-state index is 13.1. The molecule has 0 saturated heterocycles. The fourth-order valence-corrected chi connectivity index (χ4v) is 1.43. The van der Waals surface area contributed by atoms with E-state index < -0.39 is 61.1 Å². The van der Waals surface area contributed by atoms with Crippen LogP contribution in [0.2, 0.25) is 0 Å². The Balaban J connectivity index is 6.41. The minimum absolute atomic E-state index is 1.26. The van der Waals surface area contributed by atoms with Crippen LogP contribution in [-0.2, 0) is 4.74 Å². The maximum Gasteiger partial charge on any atom is 0.431 e. The Morgan fingerprint density at radius 3 is 0.759 bits per heavy atom. The normalized spacial score (nSPS) is 19.7. The molecule has 0 radical (unpaired) electrons. The molecule has 0 spiro atoms. The van der Waals surface area contributed by atoms with Crippen molar-refractivity contribution in [2.24, 2.45) is 0 Å². The Morgan fingerprint density at radius 1 is 0.414 bits per heavy atom. The van der Waals surface area contributed by atoms with Gasteiger partial charge >= 0.3 is 47.8 Å². The van der Waals surface area contributed by atoms with E-state index in [9.17, 15) is 79.0 Å². The second kappa shape index (κ2) is 7.14. The van der Waals surface area contributed by atoms with Crippen LogP contribution < -0.4 is 0 Å². The number of rotatable bonds is 8. The molecule has 0 aromatic carbocycles. The summed E-state index contributed by atoms with van der Waals surface area (Å²) in [7, 11) is 0. The zero-order valence-electron chi connectivity index (χ0n) is 12.6. The van der Waals surface area contributed by atoms with Gasteiger partial charge in [0.25, 0.3) is 0 Å². The zero-order valence-corrected chi connectivity index (χ0v) is 12.6. The number of alkyl halides is 18. The van der Waals surface area contributed by atoms with Crippen molar-refractivity contribution in [2.45, 2.75) is 47.8 Å². The highest BCUT2D eigenvalue weighted by Gasteiger charge is 2.87. The minimum Gasteiger partial charge on any atom is -0.247 e. The van der Waals surface area contributed by atoms with Crippen LogP contribution in [0.25, 0.3) is 0 Å². The topological polar surface area (TPSA) is 9.23 Å². The Labute approximate surface area is 146 Å². The third-order valence-corrected chi connectivity index (χ3v) is 3.25. The molecule has 0 aliphatic carbocycles. The van der Waals surface area contributed by atoms with Gasteiger partial charge in [-0.3, -0.25) is 0 Å². The van der Waals surface area contributed by atoms with Gasteiger partial charge in [-0.2, -0.15) is 61.5 Å². The number of hydrogen-bond acceptors (Lipinski definition) is 1. The second-order valence-corrected chi connectivity index (χ2v) is 5.15. The summed E-state index contributed by atoms with van der Waals surface area (Å²) in [6.45, 7) is -8.27. The van der Waals surface area contributed by atoms with E-state index >= 15 is 0 Å². The lowest BCUT2D eigenvalue weighted by Gasteiger charge is -2.41. The molecular weight excluding hydrogens is 478 g/mol. The summed E-state index contributed by atoms with van der Waals surface area (Å²) >= 11 is 0. The summed E-state index contributed by atoms with van der Waals surface area (Å²) in [5.41, 5.74) is -14.2. The molecule has 2 unspecified atom stereocenters. The molecule has 0 aliphatic rings. The molecule has 0 bridgehead atoms. The van der Waals surface area contributed by atoms with Gasteiger partial charge in [0, 0.05) is 0 Å². The molecule has 19 heteroatoms.